The molecular formula is C21H32NO+. The third-order valence-electron chi connectivity index (χ3n) is 4.74. The van der Waals surface area contributed by atoms with Crippen molar-refractivity contribution in [2.75, 3.05) is 6.54 Å². The number of quaternary nitrogens is 1. The van der Waals surface area contributed by atoms with Gasteiger partial charge in [0.1, 0.15) is 5.70 Å². The third kappa shape index (κ3) is 6.31. The smallest absolute Gasteiger partial charge is 0.184 e. The zero-order valence-corrected chi connectivity index (χ0v) is 14.7. The van der Waals surface area contributed by atoms with Gasteiger partial charge < -0.3 is 0 Å². The first-order valence-electron chi connectivity index (χ1n) is 9.50. The largest absolute Gasteiger partial charge is 0.290 e. The fourth-order valence-electron chi connectivity index (χ4n) is 3.34. The SMILES string of the molecule is CCCCCCCCCCCC[NH+]1C=CC=C2C=CC(=O)C=C21. The molecule has 1 N–H and O–H groups in total. The topological polar surface area (TPSA) is 21.5 Å². The lowest BCUT2D eigenvalue weighted by Crippen LogP contribution is -3.06. The van der Waals surface area contributed by atoms with Crippen LogP contribution in [-0.4, -0.2) is 12.3 Å². The second-order valence-corrected chi connectivity index (χ2v) is 6.73. The molecule has 1 aliphatic heterocycles. The summed E-state index contributed by atoms with van der Waals surface area (Å²) in [7, 11) is 0. The van der Waals surface area contributed by atoms with Crippen molar-refractivity contribution in [1.82, 2.24) is 0 Å². The fraction of sp³-hybridized carbons (Fsp3) is 0.571. The van der Waals surface area contributed by atoms with Crippen molar-refractivity contribution in [3.8, 4) is 0 Å². The van der Waals surface area contributed by atoms with Gasteiger partial charge in [-0.1, -0.05) is 58.3 Å². The number of carbonyl (C=O) groups is 1. The molecule has 0 radical (unpaired) electrons. The van der Waals surface area contributed by atoms with Crippen LogP contribution >= 0.6 is 0 Å². The Bertz CT molecular complexity index is 496. The number of unbranched alkanes of at least 4 members (excludes halogenated alkanes) is 9. The summed E-state index contributed by atoms with van der Waals surface area (Å²) in [4.78, 5) is 12.9. The molecule has 0 amide bonds. The predicted octanol–water partition coefficient (Wildman–Crippen LogP) is 4.27. The van der Waals surface area contributed by atoms with Gasteiger partial charge in [0.15, 0.2) is 5.78 Å². The number of rotatable bonds is 11. The lowest BCUT2D eigenvalue weighted by molar-refractivity contribution is -0.803. The summed E-state index contributed by atoms with van der Waals surface area (Å²) in [5.74, 6) is 0.119. The Labute approximate surface area is 141 Å². The zero-order valence-electron chi connectivity index (χ0n) is 14.7. The number of allylic oxidation sites excluding steroid dienone is 5. The number of hydrogen-bond donors (Lipinski definition) is 1. The highest BCUT2D eigenvalue weighted by molar-refractivity contribution is 6.02. The average molecular weight is 314 g/mol. The summed E-state index contributed by atoms with van der Waals surface area (Å²) in [5, 5.41) is 0. The van der Waals surface area contributed by atoms with Crippen LogP contribution in [0.3, 0.4) is 0 Å². The highest BCUT2D eigenvalue weighted by Gasteiger charge is 2.22. The monoisotopic (exact) mass is 314 g/mol. The zero-order chi connectivity index (χ0) is 16.3. The van der Waals surface area contributed by atoms with Crippen LogP contribution in [0.4, 0.5) is 0 Å². The normalized spacial score (nSPS) is 19.5. The van der Waals surface area contributed by atoms with Crippen LogP contribution < -0.4 is 4.90 Å². The molecule has 2 aliphatic rings. The highest BCUT2D eigenvalue weighted by atomic mass is 16.1. The van der Waals surface area contributed by atoms with Crippen molar-refractivity contribution in [3.05, 3.63) is 47.9 Å². The molecule has 2 heteroatoms. The minimum Gasteiger partial charge on any atom is -0.290 e. The van der Waals surface area contributed by atoms with Crippen molar-refractivity contribution in [3.63, 3.8) is 0 Å². The van der Waals surface area contributed by atoms with Crippen LogP contribution in [0.2, 0.25) is 0 Å². The van der Waals surface area contributed by atoms with E-state index in [1.54, 1.807) is 12.2 Å². The molecular weight excluding hydrogens is 282 g/mol. The Morgan fingerprint density at radius 2 is 1.52 bits per heavy atom. The number of carbonyl (C=O) groups excluding carboxylic acids is 1. The van der Waals surface area contributed by atoms with Gasteiger partial charge in [-0.15, -0.1) is 0 Å². The Hall–Kier alpha value is -1.41. The van der Waals surface area contributed by atoms with Crippen molar-refractivity contribution < 1.29 is 9.69 Å². The first-order chi connectivity index (χ1) is 11.3. The molecule has 0 saturated heterocycles. The Morgan fingerprint density at radius 3 is 2.22 bits per heavy atom. The lowest BCUT2D eigenvalue weighted by Gasteiger charge is -2.22. The second kappa shape index (κ2) is 10.4. The molecule has 0 aromatic heterocycles. The molecule has 0 aromatic rings. The summed E-state index contributed by atoms with van der Waals surface area (Å²) in [6, 6.07) is 0. The van der Waals surface area contributed by atoms with E-state index in [0.29, 0.717) is 0 Å². The third-order valence-corrected chi connectivity index (χ3v) is 4.74. The summed E-state index contributed by atoms with van der Waals surface area (Å²) in [5.41, 5.74) is 2.34. The predicted molar refractivity (Wildman–Crippen MR) is 97.1 cm³/mol. The number of nitrogens with one attached hydrogen (secondary N) is 1. The first kappa shape index (κ1) is 17.9. The molecule has 1 unspecified atom stereocenters. The molecule has 0 fully saturated rings. The summed E-state index contributed by atoms with van der Waals surface area (Å²) < 4.78 is 0. The Kier molecular flexibility index (Phi) is 8.10. The van der Waals surface area contributed by atoms with E-state index in [0.717, 1.165) is 12.2 Å². The van der Waals surface area contributed by atoms with Crippen LogP contribution in [0.5, 0.6) is 0 Å². The minimum absolute atomic E-state index is 0.119. The molecule has 1 atom stereocenters. The maximum absolute atomic E-state index is 11.6. The van der Waals surface area contributed by atoms with E-state index in [4.69, 9.17) is 0 Å². The molecule has 0 spiro atoms. The average Bonchev–Trinajstić information content (AvgIpc) is 2.57. The van der Waals surface area contributed by atoms with E-state index in [1.165, 1.54) is 74.7 Å². The molecule has 2 rings (SSSR count). The molecule has 2 nitrogen and oxygen atoms in total. The van der Waals surface area contributed by atoms with Crippen molar-refractivity contribution in [2.45, 2.75) is 71.1 Å². The van der Waals surface area contributed by atoms with Gasteiger partial charge in [-0.25, -0.2) is 0 Å². The summed E-state index contributed by atoms with van der Waals surface area (Å²) >= 11 is 0. The number of hydrogen-bond acceptors (Lipinski definition) is 1. The Morgan fingerprint density at radius 1 is 0.870 bits per heavy atom. The van der Waals surface area contributed by atoms with Gasteiger partial charge in [-0.2, -0.15) is 0 Å². The van der Waals surface area contributed by atoms with Crippen LogP contribution in [0, 0.1) is 0 Å². The van der Waals surface area contributed by atoms with Crippen LogP contribution in [0.1, 0.15) is 71.1 Å². The second-order valence-electron chi connectivity index (χ2n) is 6.73. The van der Waals surface area contributed by atoms with Crippen LogP contribution in [0.15, 0.2) is 47.9 Å². The van der Waals surface area contributed by atoms with Gasteiger partial charge in [0.05, 0.1) is 12.7 Å². The Balaban J connectivity index is 1.56. The summed E-state index contributed by atoms with van der Waals surface area (Å²) in [6.07, 6.45) is 25.4. The van der Waals surface area contributed by atoms with Crippen molar-refractivity contribution in [2.24, 2.45) is 0 Å². The van der Waals surface area contributed by atoms with E-state index in [2.05, 4.69) is 25.3 Å². The van der Waals surface area contributed by atoms with E-state index in [9.17, 15) is 4.79 Å². The van der Waals surface area contributed by atoms with Crippen molar-refractivity contribution >= 4 is 5.78 Å². The number of ketones is 1. The van der Waals surface area contributed by atoms with Crippen LogP contribution in [0.25, 0.3) is 0 Å². The maximum atomic E-state index is 11.6. The minimum atomic E-state index is 0.119. The molecule has 1 aliphatic carbocycles. The van der Waals surface area contributed by atoms with Gasteiger partial charge in [-0.3, -0.25) is 9.69 Å². The molecule has 0 bridgehead atoms. The van der Waals surface area contributed by atoms with Gasteiger partial charge in [-0.05, 0) is 37.1 Å². The van der Waals surface area contributed by atoms with Crippen LogP contribution in [-0.2, 0) is 4.79 Å². The quantitative estimate of drug-likeness (QED) is 0.565. The van der Waals surface area contributed by atoms with Gasteiger partial charge >= 0.3 is 0 Å². The molecule has 0 aromatic carbocycles. The van der Waals surface area contributed by atoms with E-state index in [1.807, 2.05) is 6.08 Å². The van der Waals surface area contributed by atoms with Crippen molar-refractivity contribution in [1.29, 1.82) is 0 Å². The highest BCUT2D eigenvalue weighted by Crippen LogP contribution is 2.14. The number of fused-ring (bicyclic) bond motifs is 1. The van der Waals surface area contributed by atoms with Gasteiger partial charge in [0.2, 0.25) is 0 Å². The van der Waals surface area contributed by atoms with E-state index >= 15 is 0 Å². The molecule has 23 heavy (non-hydrogen) atoms. The maximum Gasteiger partial charge on any atom is 0.184 e. The molecule has 1 heterocycles. The van der Waals surface area contributed by atoms with E-state index < -0.39 is 0 Å². The summed E-state index contributed by atoms with van der Waals surface area (Å²) in [6.45, 7) is 3.37. The lowest BCUT2D eigenvalue weighted by atomic mass is 10.0. The van der Waals surface area contributed by atoms with E-state index in [-0.39, 0.29) is 5.78 Å². The fourth-order valence-corrected chi connectivity index (χ4v) is 3.34. The first-order valence-corrected chi connectivity index (χ1v) is 9.50. The molecule has 126 valence electrons. The van der Waals surface area contributed by atoms with Gasteiger partial charge in [0, 0.05) is 11.6 Å². The standard InChI is InChI=1S/C21H31NO/c1-2-3-4-5-6-7-8-9-10-11-16-22-17-12-13-19-14-15-20(23)18-21(19)22/h12-15,17-18H,2-11,16H2,1H3/p+1. The van der Waals surface area contributed by atoms with Gasteiger partial charge in [0.25, 0.3) is 0 Å². The molecule has 0 saturated carbocycles.